The molecule has 2 N–H and O–H groups in total. The lowest BCUT2D eigenvalue weighted by Gasteiger charge is -2.30. The molecule has 0 radical (unpaired) electrons. The van der Waals surface area contributed by atoms with E-state index in [4.69, 9.17) is 0 Å². The first-order chi connectivity index (χ1) is 16.7. The SMILES string of the molecule is O=C1CCC(N2C(=O)c3ccc(C(=O)NC(c4ccccc4)C(F)(F)F)c4cccc2c34)C(=O)N1. The summed E-state index contributed by atoms with van der Waals surface area (Å²) in [5.74, 6) is -2.46. The Hall–Kier alpha value is -4.21. The molecule has 2 unspecified atom stereocenters. The Labute approximate surface area is 196 Å². The second-order valence-corrected chi connectivity index (χ2v) is 8.36. The minimum Gasteiger partial charge on any atom is -0.337 e. The zero-order chi connectivity index (χ0) is 24.9. The van der Waals surface area contributed by atoms with Crippen molar-refractivity contribution in [1.82, 2.24) is 10.6 Å². The number of benzene rings is 3. The Kier molecular flexibility index (Phi) is 5.31. The highest BCUT2D eigenvalue weighted by molar-refractivity contribution is 6.29. The molecule has 7 nitrogen and oxygen atoms in total. The number of carbonyl (C=O) groups excluding carboxylic acids is 4. The van der Waals surface area contributed by atoms with Gasteiger partial charge in [0.15, 0.2) is 6.04 Å². The Morgan fingerprint density at radius 2 is 1.74 bits per heavy atom. The molecule has 1 saturated heterocycles. The number of amides is 4. The standard InChI is InChI=1S/C25H18F3N3O4/c26-25(27,28)21(13-5-2-1-3-6-13)30-22(33)15-9-10-16-20-14(15)7-4-8-17(20)31(24(16)35)18-11-12-19(32)29-23(18)34/h1-10,18,21H,11-12H2,(H,30,33)(H,29,32,34). The molecule has 0 bridgehead atoms. The predicted molar refractivity (Wildman–Crippen MR) is 120 cm³/mol. The van der Waals surface area contributed by atoms with Crippen molar-refractivity contribution in [1.29, 1.82) is 0 Å². The van der Waals surface area contributed by atoms with Gasteiger partial charge in [-0.2, -0.15) is 13.2 Å². The lowest BCUT2D eigenvalue weighted by atomic mass is 9.98. The number of hydrogen-bond donors (Lipinski definition) is 2. The van der Waals surface area contributed by atoms with Crippen LogP contribution in [0, 0.1) is 0 Å². The third-order valence-corrected chi connectivity index (χ3v) is 6.23. The van der Waals surface area contributed by atoms with Gasteiger partial charge in [0, 0.05) is 22.9 Å². The monoisotopic (exact) mass is 481 g/mol. The normalized spacial score (nSPS) is 18.5. The van der Waals surface area contributed by atoms with Gasteiger partial charge in [0.25, 0.3) is 11.8 Å². The summed E-state index contributed by atoms with van der Waals surface area (Å²) in [5, 5.41) is 4.96. The number of nitrogens with zero attached hydrogens (tertiary/aromatic N) is 1. The van der Waals surface area contributed by atoms with E-state index in [-0.39, 0.29) is 34.9 Å². The van der Waals surface area contributed by atoms with Gasteiger partial charge in [-0.3, -0.25) is 29.4 Å². The van der Waals surface area contributed by atoms with Gasteiger partial charge in [-0.05, 0) is 35.6 Å². The molecule has 0 aromatic heterocycles. The molecule has 3 aromatic carbocycles. The molecule has 3 aromatic rings. The zero-order valence-corrected chi connectivity index (χ0v) is 18.1. The summed E-state index contributed by atoms with van der Waals surface area (Å²) in [4.78, 5) is 51.5. The highest BCUT2D eigenvalue weighted by Crippen LogP contribution is 2.41. The number of carbonyl (C=O) groups is 4. The van der Waals surface area contributed by atoms with E-state index in [1.165, 1.54) is 41.3 Å². The summed E-state index contributed by atoms with van der Waals surface area (Å²) in [6.45, 7) is 0. The van der Waals surface area contributed by atoms with Crippen molar-refractivity contribution in [3.63, 3.8) is 0 Å². The van der Waals surface area contributed by atoms with E-state index in [1.54, 1.807) is 24.3 Å². The number of imide groups is 1. The number of hydrogen-bond acceptors (Lipinski definition) is 4. The fourth-order valence-corrected chi connectivity index (χ4v) is 4.65. The van der Waals surface area contributed by atoms with Crippen LogP contribution < -0.4 is 15.5 Å². The van der Waals surface area contributed by atoms with Crippen molar-refractivity contribution in [2.24, 2.45) is 0 Å². The molecule has 2 heterocycles. The number of rotatable bonds is 4. The second kappa shape index (κ2) is 8.23. The van der Waals surface area contributed by atoms with E-state index in [9.17, 15) is 32.3 Å². The molecular weight excluding hydrogens is 463 g/mol. The third kappa shape index (κ3) is 3.80. The second-order valence-electron chi connectivity index (χ2n) is 8.36. The minimum atomic E-state index is -4.73. The first-order valence-electron chi connectivity index (χ1n) is 10.8. The predicted octanol–water partition coefficient (Wildman–Crippen LogP) is 3.64. The fraction of sp³-hybridized carbons (Fsp3) is 0.200. The van der Waals surface area contributed by atoms with Crippen LogP contribution in [0.3, 0.4) is 0 Å². The zero-order valence-electron chi connectivity index (χ0n) is 18.1. The van der Waals surface area contributed by atoms with Crippen molar-refractivity contribution < 1.29 is 32.3 Å². The van der Waals surface area contributed by atoms with E-state index in [0.29, 0.717) is 11.1 Å². The molecule has 5 rings (SSSR count). The average Bonchev–Trinajstić information content (AvgIpc) is 3.10. The summed E-state index contributed by atoms with van der Waals surface area (Å²) in [6, 6.07) is 11.3. The topological polar surface area (TPSA) is 95.6 Å². The van der Waals surface area contributed by atoms with Crippen LogP contribution in [-0.2, 0) is 9.59 Å². The van der Waals surface area contributed by atoms with Gasteiger partial charge < -0.3 is 5.32 Å². The quantitative estimate of drug-likeness (QED) is 0.557. The Bertz CT molecular complexity index is 1390. The van der Waals surface area contributed by atoms with Crippen LogP contribution in [0.5, 0.6) is 0 Å². The molecule has 35 heavy (non-hydrogen) atoms. The maximum atomic E-state index is 13.8. The van der Waals surface area contributed by atoms with E-state index < -0.39 is 41.9 Å². The fourth-order valence-electron chi connectivity index (χ4n) is 4.65. The highest BCUT2D eigenvalue weighted by Gasteiger charge is 2.43. The molecule has 10 heteroatoms. The van der Waals surface area contributed by atoms with Crippen molar-refractivity contribution in [3.8, 4) is 0 Å². The number of nitrogens with one attached hydrogen (secondary N) is 2. The molecule has 2 aliphatic heterocycles. The minimum absolute atomic E-state index is 0.0336. The van der Waals surface area contributed by atoms with Crippen LogP contribution in [0.2, 0.25) is 0 Å². The van der Waals surface area contributed by atoms with Crippen molar-refractivity contribution in [3.05, 3.63) is 77.4 Å². The van der Waals surface area contributed by atoms with Crippen LogP contribution >= 0.6 is 0 Å². The average molecular weight is 481 g/mol. The van der Waals surface area contributed by atoms with Gasteiger partial charge in [-0.15, -0.1) is 0 Å². The van der Waals surface area contributed by atoms with Crippen molar-refractivity contribution in [2.45, 2.75) is 31.1 Å². The van der Waals surface area contributed by atoms with Gasteiger partial charge in [-0.1, -0.05) is 42.5 Å². The number of alkyl halides is 3. The molecule has 4 amide bonds. The van der Waals surface area contributed by atoms with Gasteiger partial charge >= 0.3 is 6.18 Å². The molecule has 2 aliphatic rings. The molecule has 178 valence electrons. The first-order valence-corrected chi connectivity index (χ1v) is 10.8. The number of piperidine rings is 1. The summed E-state index contributed by atoms with van der Waals surface area (Å²) in [6.07, 6.45) is -4.53. The maximum Gasteiger partial charge on any atom is 0.412 e. The number of anilines is 1. The number of halogens is 3. The summed E-state index contributed by atoms with van der Waals surface area (Å²) < 4.78 is 41.3. The summed E-state index contributed by atoms with van der Waals surface area (Å²) >= 11 is 0. The molecule has 0 spiro atoms. The Morgan fingerprint density at radius 3 is 2.43 bits per heavy atom. The molecule has 2 atom stereocenters. The molecular formula is C25H18F3N3O4. The smallest absolute Gasteiger partial charge is 0.337 e. The largest absolute Gasteiger partial charge is 0.412 e. The van der Waals surface area contributed by atoms with Crippen LogP contribution in [-0.4, -0.2) is 35.8 Å². The summed E-state index contributed by atoms with van der Waals surface area (Å²) in [5.41, 5.74) is 0.446. The van der Waals surface area contributed by atoms with E-state index in [0.717, 1.165) is 0 Å². The lowest BCUT2D eigenvalue weighted by molar-refractivity contribution is -0.155. The van der Waals surface area contributed by atoms with E-state index in [2.05, 4.69) is 10.6 Å². The Balaban J connectivity index is 1.54. The van der Waals surface area contributed by atoms with Gasteiger partial charge in [0.05, 0.1) is 5.69 Å². The van der Waals surface area contributed by atoms with Gasteiger partial charge in [-0.25, -0.2) is 0 Å². The van der Waals surface area contributed by atoms with Crippen molar-refractivity contribution >= 4 is 40.1 Å². The first kappa shape index (κ1) is 22.6. The van der Waals surface area contributed by atoms with E-state index >= 15 is 0 Å². The molecule has 1 fully saturated rings. The maximum absolute atomic E-state index is 13.8. The van der Waals surface area contributed by atoms with Crippen LogP contribution in [0.25, 0.3) is 10.8 Å². The third-order valence-electron chi connectivity index (χ3n) is 6.23. The highest BCUT2D eigenvalue weighted by atomic mass is 19.4. The lowest BCUT2D eigenvalue weighted by Crippen LogP contribution is -2.53. The van der Waals surface area contributed by atoms with Crippen LogP contribution in [0.4, 0.5) is 18.9 Å². The van der Waals surface area contributed by atoms with Gasteiger partial charge in [0.2, 0.25) is 11.8 Å². The van der Waals surface area contributed by atoms with Gasteiger partial charge in [0.1, 0.15) is 6.04 Å². The summed E-state index contributed by atoms with van der Waals surface area (Å²) in [7, 11) is 0. The molecule has 0 saturated carbocycles. The van der Waals surface area contributed by atoms with E-state index in [1.807, 2.05) is 0 Å². The van der Waals surface area contributed by atoms with Crippen LogP contribution in [0.15, 0.2) is 60.7 Å². The molecule has 0 aliphatic carbocycles. The van der Waals surface area contributed by atoms with Crippen molar-refractivity contribution in [2.75, 3.05) is 4.90 Å². The van der Waals surface area contributed by atoms with Crippen LogP contribution in [0.1, 0.15) is 45.2 Å². The Morgan fingerprint density at radius 1 is 1.00 bits per heavy atom.